The SMILES string of the molecule is Cc1cnc(C(C)n2[nH]nnc2=S)o1. The number of aromatic amines is 1. The molecule has 0 bridgehead atoms. The van der Waals surface area contributed by atoms with Crippen LogP contribution in [0.5, 0.6) is 0 Å². The molecule has 1 N–H and O–H groups in total. The van der Waals surface area contributed by atoms with E-state index in [1.54, 1.807) is 10.9 Å². The topological polar surface area (TPSA) is 72.5 Å². The highest BCUT2D eigenvalue weighted by molar-refractivity contribution is 7.71. The lowest BCUT2D eigenvalue weighted by Crippen LogP contribution is -2.09. The first-order valence-corrected chi connectivity index (χ1v) is 4.51. The summed E-state index contributed by atoms with van der Waals surface area (Å²) in [7, 11) is 0. The first-order valence-electron chi connectivity index (χ1n) is 4.10. The zero-order chi connectivity index (χ0) is 10.1. The third-order valence-corrected chi connectivity index (χ3v) is 2.16. The average molecular weight is 211 g/mol. The van der Waals surface area contributed by atoms with Crippen molar-refractivity contribution < 1.29 is 4.42 Å². The number of aromatic nitrogens is 5. The molecule has 6 nitrogen and oxygen atoms in total. The fourth-order valence-electron chi connectivity index (χ4n) is 1.13. The highest BCUT2D eigenvalue weighted by Crippen LogP contribution is 2.15. The molecule has 1 atom stereocenters. The van der Waals surface area contributed by atoms with Crippen molar-refractivity contribution in [1.82, 2.24) is 25.2 Å². The van der Waals surface area contributed by atoms with Crippen LogP contribution in [0.4, 0.5) is 0 Å². The first-order chi connectivity index (χ1) is 6.68. The number of oxazole rings is 1. The predicted octanol–water partition coefficient (Wildman–Crippen LogP) is 1.24. The van der Waals surface area contributed by atoms with Gasteiger partial charge in [-0.3, -0.25) is 0 Å². The summed E-state index contributed by atoms with van der Waals surface area (Å²) in [6.07, 6.45) is 1.67. The molecule has 0 amide bonds. The largest absolute Gasteiger partial charge is 0.444 e. The van der Waals surface area contributed by atoms with Crippen molar-refractivity contribution in [2.45, 2.75) is 19.9 Å². The molecule has 0 saturated heterocycles. The van der Waals surface area contributed by atoms with E-state index < -0.39 is 0 Å². The van der Waals surface area contributed by atoms with E-state index in [1.165, 1.54) is 0 Å². The summed E-state index contributed by atoms with van der Waals surface area (Å²) in [5, 5.41) is 9.93. The molecule has 0 spiro atoms. The van der Waals surface area contributed by atoms with Gasteiger partial charge in [0.25, 0.3) is 0 Å². The van der Waals surface area contributed by atoms with Crippen LogP contribution >= 0.6 is 12.2 Å². The van der Waals surface area contributed by atoms with E-state index in [2.05, 4.69) is 20.5 Å². The highest BCUT2D eigenvalue weighted by atomic mass is 32.1. The van der Waals surface area contributed by atoms with Crippen molar-refractivity contribution in [3.8, 4) is 0 Å². The van der Waals surface area contributed by atoms with Gasteiger partial charge in [-0.15, -0.1) is 0 Å². The number of rotatable bonds is 2. The Hall–Kier alpha value is -1.50. The minimum atomic E-state index is -0.119. The molecular weight excluding hydrogens is 202 g/mol. The smallest absolute Gasteiger partial charge is 0.238 e. The summed E-state index contributed by atoms with van der Waals surface area (Å²) in [5.41, 5.74) is 0. The summed E-state index contributed by atoms with van der Waals surface area (Å²) < 4.78 is 7.36. The molecular formula is C7H9N5OS. The Morgan fingerprint density at radius 3 is 2.93 bits per heavy atom. The number of nitrogens with zero attached hydrogens (tertiary/aromatic N) is 4. The lowest BCUT2D eigenvalue weighted by molar-refractivity contribution is 0.391. The second kappa shape index (κ2) is 3.33. The molecule has 7 heteroatoms. The summed E-state index contributed by atoms with van der Waals surface area (Å²) in [5.74, 6) is 1.36. The van der Waals surface area contributed by atoms with E-state index in [1.807, 2.05) is 13.8 Å². The zero-order valence-corrected chi connectivity index (χ0v) is 8.58. The predicted molar refractivity (Wildman–Crippen MR) is 50.3 cm³/mol. The van der Waals surface area contributed by atoms with Crippen LogP contribution in [-0.4, -0.2) is 25.2 Å². The van der Waals surface area contributed by atoms with Crippen molar-refractivity contribution in [2.24, 2.45) is 0 Å². The Balaban J connectivity index is 2.38. The maximum absolute atomic E-state index is 5.37. The fourth-order valence-corrected chi connectivity index (χ4v) is 1.37. The van der Waals surface area contributed by atoms with Crippen molar-refractivity contribution >= 4 is 12.2 Å². The van der Waals surface area contributed by atoms with Gasteiger partial charge in [0.2, 0.25) is 10.7 Å². The van der Waals surface area contributed by atoms with E-state index in [0.717, 1.165) is 5.76 Å². The molecule has 0 fully saturated rings. The number of aryl methyl sites for hydroxylation is 1. The summed E-state index contributed by atoms with van der Waals surface area (Å²) in [6, 6.07) is -0.119. The molecule has 1 unspecified atom stereocenters. The van der Waals surface area contributed by atoms with Gasteiger partial charge in [0.05, 0.1) is 6.20 Å². The minimum Gasteiger partial charge on any atom is -0.444 e. The Morgan fingerprint density at radius 2 is 2.43 bits per heavy atom. The first kappa shape index (κ1) is 9.07. The molecule has 0 aliphatic carbocycles. The van der Waals surface area contributed by atoms with E-state index >= 15 is 0 Å². The third kappa shape index (κ3) is 1.46. The van der Waals surface area contributed by atoms with Gasteiger partial charge < -0.3 is 4.42 Å². The molecule has 2 heterocycles. The summed E-state index contributed by atoms with van der Waals surface area (Å²) in [4.78, 5) is 4.10. The molecule has 2 aromatic rings. The fraction of sp³-hybridized carbons (Fsp3) is 0.429. The van der Waals surface area contributed by atoms with E-state index in [-0.39, 0.29) is 6.04 Å². The van der Waals surface area contributed by atoms with Gasteiger partial charge in [-0.25, -0.2) is 9.67 Å². The molecule has 2 rings (SSSR count). The maximum atomic E-state index is 5.37. The van der Waals surface area contributed by atoms with Crippen molar-refractivity contribution in [2.75, 3.05) is 0 Å². The minimum absolute atomic E-state index is 0.119. The normalized spacial score (nSPS) is 13.0. The van der Waals surface area contributed by atoms with E-state index in [0.29, 0.717) is 10.7 Å². The van der Waals surface area contributed by atoms with E-state index in [4.69, 9.17) is 16.6 Å². The molecule has 0 aliphatic heterocycles. The van der Waals surface area contributed by atoms with E-state index in [9.17, 15) is 0 Å². The average Bonchev–Trinajstić information content (AvgIpc) is 2.73. The third-order valence-electron chi connectivity index (χ3n) is 1.88. The van der Waals surface area contributed by atoms with Crippen LogP contribution < -0.4 is 0 Å². The van der Waals surface area contributed by atoms with Crippen LogP contribution in [0.2, 0.25) is 0 Å². The monoisotopic (exact) mass is 211 g/mol. The molecule has 14 heavy (non-hydrogen) atoms. The zero-order valence-electron chi connectivity index (χ0n) is 7.76. The number of hydrogen-bond donors (Lipinski definition) is 1. The quantitative estimate of drug-likeness (QED) is 0.756. The molecule has 74 valence electrons. The Labute approximate surface area is 84.9 Å². The molecule has 0 aliphatic rings. The van der Waals surface area contributed by atoms with Crippen molar-refractivity contribution in [3.05, 3.63) is 22.6 Å². The van der Waals surface area contributed by atoms with Gasteiger partial charge >= 0.3 is 0 Å². The van der Waals surface area contributed by atoms with Crippen LogP contribution in [0.25, 0.3) is 0 Å². The van der Waals surface area contributed by atoms with Crippen LogP contribution in [0, 0.1) is 11.7 Å². The van der Waals surface area contributed by atoms with Crippen LogP contribution in [0.15, 0.2) is 10.6 Å². The van der Waals surface area contributed by atoms with Gasteiger partial charge in [0.1, 0.15) is 11.8 Å². The van der Waals surface area contributed by atoms with Crippen molar-refractivity contribution in [1.29, 1.82) is 0 Å². The van der Waals surface area contributed by atoms with Crippen LogP contribution in [-0.2, 0) is 0 Å². The Bertz CT molecular complexity index is 484. The number of hydrogen-bond acceptors (Lipinski definition) is 5. The molecule has 2 aromatic heterocycles. The number of H-pyrrole nitrogens is 1. The summed E-state index contributed by atoms with van der Waals surface area (Å²) in [6.45, 7) is 3.74. The second-order valence-electron chi connectivity index (χ2n) is 2.94. The maximum Gasteiger partial charge on any atom is 0.238 e. The Morgan fingerprint density at radius 1 is 1.64 bits per heavy atom. The lowest BCUT2D eigenvalue weighted by Gasteiger charge is -2.06. The van der Waals surface area contributed by atoms with Gasteiger partial charge in [0.15, 0.2) is 0 Å². The molecule has 0 aromatic carbocycles. The standard InChI is InChI=1S/C7H9N5OS/c1-4-3-8-6(13-4)5(2)12-7(14)9-10-11-12/h3,5H,1-2H3,(H,9,11,14). The van der Waals surface area contributed by atoms with Gasteiger partial charge in [-0.2, -0.15) is 5.21 Å². The molecule has 0 saturated carbocycles. The Kier molecular flexibility index (Phi) is 2.16. The highest BCUT2D eigenvalue weighted by Gasteiger charge is 2.14. The van der Waals surface area contributed by atoms with Gasteiger partial charge in [-0.05, 0) is 26.1 Å². The van der Waals surface area contributed by atoms with Gasteiger partial charge in [0, 0.05) is 0 Å². The number of tetrazole rings is 1. The summed E-state index contributed by atoms with van der Waals surface area (Å²) >= 11 is 4.96. The number of nitrogens with one attached hydrogen (secondary N) is 1. The van der Waals surface area contributed by atoms with Gasteiger partial charge in [-0.1, -0.05) is 10.3 Å². The molecule has 0 radical (unpaired) electrons. The van der Waals surface area contributed by atoms with Crippen LogP contribution in [0.1, 0.15) is 24.6 Å². The van der Waals surface area contributed by atoms with Crippen LogP contribution in [0.3, 0.4) is 0 Å². The van der Waals surface area contributed by atoms with Crippen molar-refractivity contribution in [3.63, 3.8) is 0 Å². The second-order valence-corrected chi connectivity index (χ2v) is 3.30. The lowest BCUT2D eigenvalue weighted by atomic mass is 10.3.